The Morgan fingerprint density at radius 3 is 2.02 bits per heavy atom. The summed E-state index contributed by atoms with van der Waals surface area (Å²) >= 11 is 1.85. The van der Waals surface area contributed by atoms with Gasteiger partial charge in [0.2, 0.25) is 0 Å². The zero-order valence-electron chi connectivity index (χ0n) is 21.8. The van der Waals surface area contributed by atoms with E-state index in [1.807, 2.05) is 22.6 Å². The van der Waals surface area contributed by atoms with Crippen LogP contribution >= 0.6 is 22.6 Å². The van der Waals surface area contributed by atoms with Crippen molar-refractivity contribution >= 4 is 46.3 Å². The van der Waals surface area contributed by atoms with Crippen molar-refractivity contribution in [2.75, 3.05) is 11.9 Å². The SMILES string of the molecule is O=C(Nc1nc(=O)n(C2OC(COC(=O)c3ccccc3)[C@@H](OC(=O)c3ccccc3)[C@@H]2F)cc1I)c1ccccc1. The molecule has 5 rings (SSSR count). The Kier molecular flexibility index (Phi) is 9.03. The predicted octanol–water partition coefficient (Wildman–Crippen LogP) is 4.42. The van der Waals surface area contributed by atoms with Crippen LogP contribution in [0.25, 0.3) is 0 Å². The van der Waals surface area contributed by atoms with Gasteiger partial charge in [-0.05, 0) is 59.0 Å². The van der Waals surface area contributed by atoms with Crippen LogP contribution in [-0.2, 0) is 14.2 Å². The highest BCUT2D eigenvalue weighted by Gasteiger charge is 2.50. The molecule has 2 heterocycles. The minimum Gasteiger partial charge on any atom is -0.459 e. The third-order valence-electron chi connectivity index (χ3n) is 6.36. The van der Waals surface area contributed by atoms with Crippen molar-refractivity contribution < 1.29 is 33.0 Å². The van der Waals surface area contributed by atoms with E-state index < -0.39 is 54.7 Å². The lowest BCUT2D eigenvalue weighted by atomic mass is 10.1. The zero-order valence-corrected chi connectivity index (χ0v) is 23.9. The fourth-order valence-corrected chi connectivity index (χ4v) is 4.81. The van der Waals surface area contributed by atoms with Gasteiger partial charge in [0, 0.05) is 11.8 Å². The Hall–Kier alpha value is -4.43. The van der Waals surface area contributed by atoms with Crippen molar-refractivity contribution in [1.29, 1.82) is 0 Å². The number of ether oxygens (including phenoxy) is 3. The van der Waals surface area contributed by atoms with Gasteiger partial charge in [-0.3, -0.25) is 9.36 Å². The number of alkyl halides is 1. The van der Waals surface area contributed by atoms with Crippen LogP contribution in [0.4, 0.5) is 10.2 Å². The molecule has 0 radical (unpaired) electrons. The number of anilines is 1. The summed E-state index contributed by atoms with van der Waals surface area (Å²) in [6.45, 7) is -0.456. The van der Waals surface area contributed by atoms with Crippen LogP contribution in [0.1, 0.15) is 37.3 Å². The molecule has 10 nitrogen and oxygen atoms in total. The number of hydrogen-bond donors (Lipinski definition) is 1. The topological polar surface area (TPSA) is 126 Å². The minimum absolute atomic E-state index is 0.0143. The van der Waals surface area contributed by atoms with Gasteiger partial charge in [-0.25, -0.2) is 18.8 Å². The summed E-state index contributed by atoms with van der Waals surface area (Å²) in [5.74, 6) is -1.99. The van der Waals surface area contributed by atoms with Crippen LogP contribution in [0.3, 0.4) is 0 Å². The number of esters is 2. The fourth-order valence-electron chi connectivity index (χ4n) is 4.26. The van der Waals surface area contributed by atoms with E-state index >= 15 is 4.39 Å². The molecule has 2 unspecified atom stereocenters. The number of nitrogens with zero attached hydrogens (tertiary/aromatic N) is 2. The number of amides is 1. The molecule has 4 aromatic rings. The third kappa shape index (κ3) is 6.55. The molecule has 0 bridgehead atoms. The van der Waals surface area contributed by atoms with Crippen molar-refractivity contribution in [1.82, 2.24) is 9.55 Å². The summed E-state index contributed by atoms with van der Waals surface area (Å²) in [6, 6.07) is 24.5. The summed E-state index contributed by atoms with van der Waals surface area (Å²) in [5, 5.41) is 2.57. The van der Waals surface area contributed by atoms with Gasteiger partial charge in [0.1, 0.15) is 12.7 Å². The molecule has 1 saturated heterocycles. The molecule has 3 aromatic carbocycles. The molecular weight excluding hydrogens is 660 g/mol. The third-order valence-corrected chi connectivity index (χ3v) is 7.15. The van der Waals surface area contributed by atoms with Gasteiger partial charge in [0.05, 0.1) is 14.7 Å². The first-order chi connectivity index (χ1) is 20.3. The summed E-state index contributed by atoms with van der Waals surface area (Å²) < 4.78 is 33.8. The Morgan fingerprint density at radius 1 is 0.881 bits per heavy atom. The monoisotopic (exact) mass is 683 g/mol. The lowest BCUT2D eigenvalue weighted by Gasteiger charge is -2.19. The van der Waals surface area contributed by atoms with E-state index in [2.05, 4.69) is 10.3 Å². The Bertz CT molecular complexity index is 1640. The van der Waals surface area contributed by atoms with Crippen LogP contribution in [0, 0.1) is 3.57 Å². The smallest absolute Gasteiger partial charge is 0.351 e. The second kappa shape index (κ2) is 13.0. The van der Waals surface area contributed by atoms with Crippen LogP contribution < -0.4 is 11.0 Å². The Labute approximate surface area is 252 Å². The van der Waals surface area contributed by atoms with Crippen molar-refractivity contribution in [2.45, 2.75) is 24.6 Å². The zero-order chi connectivity index (χ0) is 29.6. The lowest BCUT2D eigenvalue weighted by molar-refractivity contribution is -0.0592. The van der Waals surface area contributed by atoms with Crippen LogP contribution in [0.2, 0.25) is 0 Å². The van der Waals surface area contributed by atoms with E-state index in [4.69, 9.17) is 14.2 Å². The average molecular weight is 683 g/mol. The molecular formula is C30H23FIN3O7. The van der Waals surface area contributed by atoms with Crippen LogP contribution in [0.5, 0.6) is 0 Å². The molecule has 1 aromatic heterocycles. The van der Waals surface area contributed by atoms with Crippen LogP contribution in [-0.4, -0.2) is 52.4 Å². The number of aromatic nitrogens is 2. The molecule has 1 aliphatic rings. The van der Waals surface area contributed by atoms with E-state index in [-0.39, 0.29) is 16.9 Å². The molecule has 1 amide bonds. The highest BCUT2D eigenvalue weighted by Crippen LogP contribution is 2.34. The molecule has 1 fully saturated rings. The van der Waals surface area contributed by atoms with E-state index in [9.17, 15) is 19.2 Å². The van der Waals surface area contributed by atoms with Gasteiger partial charge in [-0.15, -0.1) is 0 Å². The maximum Gasteiger partial charge on any atom is 0.351 e. The largest absolute Gasteiger partial charge is 0.459 e. The molecule has 0 spiro atoms. The average Bonchev–Trinajstić information content (AvgIpc) is 3.32. The molecule has 214 valence electrons. The van der Waals surface area contributed by atoms with Gasteiger partial charge >= 0.3 is 17.6 Å². The standard InChI is InChI=1S/C30H23FIN3O7/c31-23-24(42-29(38)20-14-8-3-9-15-20)22(17-40-28(37)19-12-6-2-7-13-19)41-27(23)35-16-21(32)25(34-30(35)39)33-26(36)18-10-4-1-5-11-18/h1-16,22-24,27H,17H2,(H,33,34,36,39)/t22?,23-,24+,27?/m0/s1. The fraction of sp³-hybridized carbons (Fsp3) is 0.167. The predicted molar refractivity (Wildman–Crippen MR) is 157 cm³/mol. The van der Waals surface area contributed by atoms with E-state index in [0.29, 0.717) is 9.13 Å². The summed E-state index contributed by atoms with van der Waals surface area (Å²) in [7, 11) is 0. The highest BCUT2D eigenvalue weighted by atomic mass is 127. The van der Waals surface area contributed by atoms with Crippen LogP contribution in [0.15, 0.2) is 102 Å². The first-order valence-corrected chi connectivity index (χ1v) is 13.8. The number of carbonyl (C=O) groups excluding carboxylic acids is 3. The molecule has 42 heavy (non-hydrogen) atoms. The summed E-state index contributed by atoms with van der Waals surface area (Å²) in [6.07, 6.45) is -5.08. The summed E-state index contributed by atoms with van der Waals surface area (Å²) in [5.41, 5.74) is -0.107. The molecule has 0 aliphatic carbocycles. The number of rotatable bonds is 8. The second-order valence-electron chi connectivity index (χ2n) is 9.16. The van der Waals surface area contributed by atoms with Gasteiger partial charge < -0.3 is 19.5 Å². The minimum atomic E-state index is -2.03. The molecule has 12 heteroatoms. The maximum absolute atomic E-state index is 16.0. The second-order valence-corrected chi connectivity index (χ2v) is 10.3. The maximum atomic E-state index is 16.0. The lowest BCUT2D eigenvalue weighted by Crippen LogP contribution is -2.38. The molecule has 1 aliphatic heterocycles. The Balaban J connectivity index is 1.38. The van der Waals surface area contributed by atoms with Crippen molar-refractivity contribution in [3.8, 4) is 0 Å². The quantitative estimate of drug-likeness (QED) is 0.214. The molecule has 0 saturated carbocycles. The number of benzene rings is 3. The summed E-state index contributed by atoms with van der Waals surface area (Å²) in [4.78, 5) is 54.8. The highest BCUT2D eigenvalue weighted by molar-refractivity contribution is 14.1. The first kappa shape index (κ1) is 29.1. The van der Waals surface area contributed by atoms with Crippen molar-refractivity contribution in [2.24, 2.45) is 0 Å². The number of carbonyl (C=O) groups is 3. The molecule has 1 N–H and O–H groups in total. The van der Waals surface area contributed by atoms with E-state index in [0.717, 1.165) is 4.57 Å². The van der Waals surface area contributed by atoms with E-state index in [1.165, 1.54) is 18.3 Å². The first-order valence-electron chi connectivity index (χ1n) is 12.7. The van der Waals surface area contributed by atoms with Gasteiger partial charge in [0.25, 0.3) is 5.91 Å². The van der Waals surface area contributed by atoms with E-state index in [1.54, 1.807) is 78.9 Å². The molecule has 4 atom stereocenters. The number of nitrogens with one attached hydrogen (secondary N) is 1. The van der Waals surface area contributed by atoms with Gasteiger partial charge in [0.15, 0.2) is 24.3 Å². The van der Waals surface area contributed by atoms with Crippen molar-refractivity contribution in [3.05, 3.63) is 128 Å². The normalized spacial score (nSPS) is 19.6. The van der Waals surface area contributed by atoms with Gasteiger partial charge in [-0.2, -0.15) is 4.98 Å². The van der Waals surface area contributed by atoms with Gasteiger partial charge in [-0.1, -0.05) is 54.6 Å². The van der Waals surface area contributed by atoms with Crippen molar-refractivity contribution in [3.63, 3.8) is 0 Å². The Morgan fingerprint density at radius 2 is 1.43 bits per heavy atom. The number of hydrogen-bond acceptors (Lipinski definition) is 8. The number of halogens is 2.